The van der Waals surface area contributed by atoms with Crippen molar-refractivity contribution in [3.63, 3.8) is 0 Å². The van der Waals surface area contributed by atoms with Crippen molar-refractivity contribution in [3.05, 3.63) is 51.9 Å². The molecule has 0 fully saturated rings. The van der Waals surface area contributed by atoms with E-state index < -0.39 is 21.4 Å². The number of carbonyl (C=O) groups excluding carboxylic acids is 1. The van der Waals surface area contributed by atoms with Crippen LogP contribution in [0.25, 0.3) is 5.69 Å². The van der Waals surface area contributed by atoms with E-state index in [9.17, 15) is 18.0 Å². The SMILES string of the molecule is CCCCS(=O)(=O)n1c(=O)c(C(C)=O)c(C)n1-c1ccccc1. The van der Waals surface area contributed by atoms with E-state index in [1.165, 1.54) is 11.6 Å². The number of hydrogen-bond acceptors (Lipinski definition) is 4. The van der Waals surface area contributed by atoms with Gasteiger partial charge >= 0.3 is 0 Å². The molecule has 0 aliphatic heterocycles. The molecule has 0 aliphatic rings. The molecule has 0 spiro atoms. The fourth-order valence-corrected chi connectivity index (χ4v) is 4.16. The summed E-state index contributed by atoms with van der Waals surface area (Å²) in [7, 11) is -3.85. The van der Waals surface area contributed by atoms with Gasteiger partial charge in [0.15, 0.2) is 5.78 Å². The van der Waals surface area contributed by atoms with E-state index in [-0.39, 0.29) is 11.3 Å². The van der Waals surface area contributed by atoms with Crippen molar-refractivity contribution in [2.45, 2.75) is 33.6 Å². The fraction of sp³-hybridized carbons (Fsp3) is 0.375. The molecule has 23 heavy (non-hydrogen) atoms. The Bertz CT molecular complexity index is 877. The predicted molar refractivity (Wildman–Crippen MR) is 88.9 cm³/mol. The van der Waals surface area contributed by atoms with Gasteiger partial charge in [0.1, 0.15) is 5.56 Å². The summed E-state index contributed by atoms with van der Waals surface area (Å²) < 4.78 is 27.3. The van der Waals surface area contributed by atoms with Crippen LogP contribution in [-0.2, 0) is 10.0 Å². The molecule has 1 heterocycles. The molecule has 0 radical (unpaired) electrons. The van der Waals surface area contributed by atoms with Crippen molar-refractivity contribution >= 4 is 15.8 Å². The molecule has 7 heteroatoms. The third-order valence-electron chi connectivity index (χ3n) is 3.62. The number of hydrogen-bond donors (Lipinski definition) is 0. The van der Waals surface area contributed by atoms with Crippen molar-refractivity contribution in [1.29, 1.82) is 0 Å². The first-order valence-electron chi connectivity index (χ1n) is 7.45. The minimum atomic E-state index is -3.85. The van der Waals surface area contributed by atoms with Crippen LogP contribution in [0.1, 0.15) is 42.7 Å². The van der Waals surface area contributed by atoms with Crippen LogP contribution in [0, 0.1) is 6.92 Å². The summed E-state index contributed by atoms with van der Waals surface area (Å²) in [5, 5.41) is 0. The highest BCUT2D eigenvalue weighted by atomic mass is 32.2. The minimum Gasteiger partial charge on any atom is -0.294 e. The smallest absolute Gasteiger partial charge is 0.292 e. The zero-order valence-corrected chi connectivity index (χ0v) is 14.3. The maximum absolute atomic E-state index is 12.6. The van der Waals surface area contributed by atoms with Gasteiger partial charge in [0.05, 0.1) is 17.1 Å². The topological polar surface area (TPSA) is 78.1 Å². The maximum Gasteiger partial charge on any atom is 0.292 e. The quantitative estimate of drug-likeness (QED) is 0.757. The lowest BCUT2D eigenvalue weighted by molar-refractivity contribution is 0.101. The first-order chi connectivity index (χ1) is 10.8. The number of carbonyl (C=O) groups is 1. The molecule has 0 aliphatic carbocycles. The average Bonchev–Trinajstić information content (AvgIpc) is 2.77. The second-order valence-electron chi connectivity index (χ2n) is 5.38. The van der Waals surface area contributed by atoms with Gasteiger partial charge < -0.3 is 0 Å². The molecular formula is C16H20N2O4S. The minimum absolute atomic E-state index is 0.0890. The van der Waals surface area contributed by atoms with Crippen LogP contribution in [0.15, 0.2) is 35.1 Å². The average molecular weight is 336 g/mol. The molecule has 1 aromatic carbocycles. The Morgan fingerprint density at radius 1 is 1.17 bits per heavy atom. The fourth-order valence-electron chi connectivity index (χ4n) is 2.52. The molecule has 0 unspecified atom stereocenters. The molecule has 2 rings (SSSR count). The van der Waals surface area contributed by atoms with Crippen molar-refractivity contribution in [1.82, 2.24) is 8.77 Å². The third kappa shape index (κ3) is 3.14. The Morgan fingerprint density at radius 2 is 1.78 bits per heavy atom. The van der Waals surface area contributed by atoms with Crippen molar-refractivity contribution in [2.24, 2.45) is 0 Å². The Balaban J connectivity index is 2.83. The summed E-state index contributed by atoms with van der Waals surface area (Å²) in [5.74, 6) is -0.585. The Labute approximate surface area is 135 Å². The highest BCUT2D eigenvalue weighted by Crippen LogP contribution is 2.16. The van der Waals surface area contributed by atoms with Gasteiger partial charge in [-0.05, 0) is 32.4 Å². The summed E-state index contributed by atoms with van der Waals surface area (Å²) in [5.41, 5.74) is -0.0210. The van der Waals surface area contributed by atoms with Gasteiger partial charge in [0.2, 0.25) is 0 Å². The van der Waals surface area contributed by atoms with Crippen LogP contribution >= 0.6 is 0 Å². The number of benzene rings is 1. The van der Waals surface area contributed by atoms with Crippen molar-refractivity contribution < 1.29 is 13.2 Å². The number of rotatable bonds is 6. The van der Waals surface area contributed by atoms with Gasteiger partial charge in [0.25, 0.3) is 15.6 Å². The lowest BCUT2D eigenvalue weighted by atomic mass is 10.2. The monoisotopic (exact) mass is 336 g/mol. The van der Waals surface area contributed by atoms with E-state index in [1.807, 2.05) is 6.92 Å². The molecule has 0 amide bonds. The first kappa shape index (κ1) is 17.2. The van der Waals surface area contributed by atoms with E-state index in [4.69, 9.17) is 0 Å². The molecule has 0 N–H and O–H groups in total. The first-order valence-corrected chi connectivity index (χ1v) is 9.06. The normalized spacial score (nSPS) is 11.6. The zero-order chi connectivity index (χ0) is 17.2. The van der Waals surface area contributed by atoms with Gasteiger partial charge in [-0.25, -0.2) is 13.1 Å². The van der Waals surface area contributed by atoms with Gasteiger partial charge in [-0.15, -0.1) is 4.09 Å². The third-order valence-corrected chi connectivity index (χ3v) is 5.28. The van der Waals surface area contributed by atoms with Crippen LogP contribution in [0.3, 0.4) is 0 Å². The van der Waals surface area contributed by atoms with Crippen LogP contribution in [0.5, 0.6) is 0 Å². The Hall–Kier alpha value is -2.15. The van der Waals surface area contributed by atoms with Crippen LogP contribution in [0.2, 0.25) is 0 Å². The second kappa shape index (κ2) is 6.54. The number of para-hydroxylation sites is 1. The number of aromatic nitrogens is 2. The Kier molecular flexibility index (Phi) is 4.89. The highest BCUT2D eigenvalue weighted by molar-refractivity contribution is 7.89. The summed E-state index contributed by atoms with van der Waals surface area (Å²) in [6, 6.07) is 8.68. The van der Waals surface area contributed by atoms with Gasteiger partial charge in [-0.3, -0.25) is 9.59 Å². The molecule has 1 aromatic heterocycles. The van der Waals surface area contributed by atoms with Gasteiger partial charge in [-0.2, -0.15) is 0 Å². The molecule has 6 nitrogen and oxygen atoms in total. The van der Waals surface area contributed by atoms with Crippen molar-refractivity contribution in [3.8, 4) is 5.69 Å². The molecule has 124 valence electrons. The molecule has 0 saturated heterocycles. The van der Waals surface area contributed by atoms with E-state index in [0.717, 1.165) is 4.09 Å². The van der Waals surface area contributed by atoms with E-state index in [1.54, 1.807) is 37.3 Å². The molecule has 0 atom stereocenters. The number of nitrogens with zero attached hydrogens (tertiary/aromatic N) is 2. The summed E-state index contributed by atoms with van der Waals surface area (Å²) in [6.07, 6.45) is 1.14. The van der Waals surface area contributed by atoms with Gasteiger partial charge in [0, 0.05) is 0 Å². The summed E-state index contributed by atoms with van der Waals surface area (Å²) in [4.78, 5) is 24.4. The molecule has 2 aromatic rings. The number of Topliss-reactive ketones (excluding diaryl/α,β-unsaturated/α-hetero) is 1. The Morgan fingerprint density at radius 3 is 2.30 bits per heavy atom. The van der Waals surface area contributed by atoms with Crippen molar-refractivity contribution in [2.75, 3.05) is 5.75 Å². The lowest BCUT2D eigenvalue weighted by Gasteiger charge is -2.13. The highest BCUT2D eigenvalue weighted by Gasteiger charge is 2.28. The molecule has 0 bridgehead atoms. The maximum atomic E-state index is 12.6. The predicted octanol–water partition coefficient (Wildman–Crippen LogP) is 2.13. The number of unbranched alkanes of at least 4 members (excludes halogenated alkanes) is 1. The van der Waals surface area contributed by atoms with E-state index in [0.29, 0.717) is 24.2 Å². The summed E-state index contributed by atoms with van der Waals surface area (Å²) in [6.45, 7) is 4.72. The van der Waals surface area contributed by atoms with Gasteiger partial charge in [-0.1, -0.05) is 31.5 Å². The zero-order valence-electron chi connectivity index (χ0n) is 13.4. The lowest BCUT2D eigenvalue weighted by Crippen LogP contribution is -2.33. The van der Waals surface area contributed by atoms with Crippen LogP contribution < -0.4 is 5.56 Å². The molecular weight excluding hydrogens is 316 g/mol. The number of ketones is 1. The van der Waals surface area contributed by atoms with Crippen LogP contribution in [0.4, 0.5) is 0 Å². The van der Waals surface area contributed by atoms with E-state index >= 15 is 0 Å². The van der Waals surface area contributed by atoms with Crippen LogP contribution in [-0.4, -0.2) is 28.7 Å². The summed E-state index contributed by atoms with van der Waals surface area (Å²) >= 11 is 0. The second-order valence-corrected chi connectivity index (χ2v) is 7.30. The molecule has 0 saturated carbocycles. The standard InChI is InChI=1S/C16H20N2O4S/c1-4-5-11-23(21,22)18-16(20)15(13(3)19)12(2)17(18)14-9-7-6-8-10-14/h6-10H,4-5,11H2,1-3H3. The van der Waals surface area contributed by atoms with E-state index in [2.05, 4.69) is 0 Å². The largest absolute Gasteiger partial charge is 0.294 e.